The van der Waals surface area contributed by atoms with Gasteiger partial charge in [-0.3, -0.25) is 4.79 Å². The first-order valence-electron chi connectivity index (χ1n) is 8.92. The highest BCUT2D eigenvalue weighted by molar-refractivity contribution is 8.00. The molecular formula is C20H31N2O2S. The summed E-state index contributed by atoms with van der Waals surface area (Å²) < 4.78 is 0. The second-order valence-corrected chi connectivity index (χ2v) is 9.76. The fourth-order valence-corrected chi connectivity index (χ4v) is 3.80. The number of piperazine rings is 1. The number of benzene rings is 1. The van der Waals surface area contributed by atoms with Gasteiger partial charge in [-0.25, -0.2) is 5.32 Å². The molecule has 0 aliphatic carbocycles. The van der Waals surface area contributed by atoms with Crippen molar-refractivity contribution in [3.8, 4) is 5.75 Å². The summed E-state index contributed by atoms with van der Waals surface area (Å²) in [6, 6.07) is 4.07. The molecule has 0 aromatic heterocycles. The lowest BCUT2D eigenvalue weighted by molar-refractivity contribution is -0.128. The van der Waals surface area contributed by atoms with Crippen LogP contribution in [0.25, 0.3) is 0 Å². The molecule has 1 fully saturated rings. The fourth-order valence-electron chi connectivity index (χ4n) is 2.93. The van der Waals surface area contributed by atoms with Gasteiger partial charge >= 0.3 is 0 Å². The van der Waals surface area contributed by atoms with E-state index in [0.717, 1.165) is 42.2 Å². The summed E-state index contributed by atoms with van der Waals surface area (Å²) in [6.07, 6.45) is 0. The van der Waals surface area contributed by atoms with Crippen LogP contribution >= 0.6 is 11.8 Å². The third-order valence-corrected chi connectivity index (χ3v) is 5.43. The van der Waals surface area contributed by atoms with E-state index in [1.807, 2.05) is 17.0 Å². The van der Waals surface area contributed by atoms with Crippen molar-refractivity contribution in [1.29, 1.82) is 0 Å². The maximum absolute atomic E-state index is 12.4. The summed E-state index contributed by atoms with van der Waals surface area (Å²) in [4.78, 5) is 15.4. The Morgan fingerprint density at radius 3 is 2.00 bits per heavy atom. The van der Waals surface area contributed by atoms with E-state index in [1.54, 1.807) is 11.8 Å². The molecule has 0 unspecified atom stereocenters. The molecule has 5 heteroatoms. The van der Waals surface area contributed by atoms with E-state index in [9.17, 15) is 9.90 Å². The molecule has 1 aliphatic heterocycles. The highest BCUT2D eigenvalue weighted by Gasteiger charge is 2.27. The number of hydrogen-bond donors (Lipinski definition) is 1. The van der Waals surface area contributed by atoms with Gasteiger partial charge in [-0.2, -0.15) is 0 Å². The van der Waals surface area contributed by atoms with E-state index in [0.29, 0.717) is 11.5 Å². The Labute approximate surface area is 156 Å². The Balaban J connectivity index is 2.23. The van der Waals surface area contributed by atoms with Crippen LogP contribution in [0.2, 0.25) is 0 Å². The third kappa shape index (κ3) is 5.14. The number of nitrogens with zero attached hydrogens (tertiary/aromatic N) is 2. The highest BCUT2D eigenvalue weighted by Crippen LogP contribution is 2.41. The van der Waals surface area contributed by atoms with Crippen LogP contribution in [-0.2, 0) is 15.6 Å². The summed E-state index contributed by atoms with van der Waals surface area (Å²) in [5.74, 6) is 0.980. The number of hydrogen-bond acceptors (Lipinski definition) is 3. The summed E-state index contributed by atoms with van der Waals surface area (Å²) in [6.45, 7) is 15.6. The minimum atomic E-state index is -0.154. The number of rotatable bonds is 3. The minimum absolute atomic E-state index is 0.154. The lowest BCUT2D eigenvalue weighted by atomic mass is 9.79. The monoisotopic (exact) mass is 363 g/mol. The van der Waals surface area contributed by atoms with Crippen LogP contribution in [0.5, 0.6) is 5.75 Å². The fraction of sp³-hybridized carbons (Fsp3) is 0.650. The van der Waals surface area contributed by atoms with E-state index in [1.165, 1.54) is 0 Å². The molecule has 0 saturated carbocycles. The first-order valence-corrected chi connectivity index (χ1v) is 9.90. The molecule has 0 atom stereocenters. The molecule has 1 saturated heterocycles. The van der Waals surface area contributed by atoms with Crippen LogP contribution in [0.1, 0.15) is 52.7 Å². The lowest BCUT2D eigenvalue weighted by Gasteiger charge is -2.28. The molecule has 0 spiro atoms. The van der Waals surface area contributed by atoms with Gasteiger partial charge in [0.15, 0.2) is 0 Å². The molecule has 1 heterocycles. The van der Waals surface area contributed by atoms with Gasteiger partial charge in [-0.1, -0.05) is 41.5 Å². The number of aromatic hydroxyl groups is 1. The summed E-state index contributed by atoms with van der Waals surface area (Å²) >= 11 is 1.56. The second-order valence-electron chi connectivity index (χ2n) is 8.71. The smallest absolute Gasteiger partial charge is 0.233 e. The van der Waals surface area contributed by atoms with Crippen molar-refractivity contribution in [2.75, 3.05) is 31.9 Å². The predicted octanol–water partition coefficient (Wildman–Crippen LogP) is 3.53. The molecule has 1 aromatic rings. The predicted molar refractivity (Wildman–Crippen MR) is 105 cm³/mol. The van der Waals surface area contributed by atoms with Gasteiger partial charge in [-0.05, 0) is 23.0 Å². The Morgan fingerprint density at radius 1 is 1.08 bits per heavy atom. The zero-order valence-corrected chi connectivity index (χ0v) is 17.2. The second kappa shape index (κ2) is 7.58. The summed E-state index contributed by atoms with van der Waals surface area (Å²) in [7, 11) is 0. The average molecular weight is 364 g/mol. The van der Waals surface area contributed by atoms with Crippen LogP contribution in [0.4, 0.5) is 0 Å². The average Bonchev–Trinajstić information content (AvgIpc) is 2.52. The zero-order chi connectivity index (χ0) is 18.8. The van der Waals surface area contributed by atoms with Gasteiger partial charge in [0.1, 0.15) is 5.75 Å². The molecule has 1 aromatic carbocycles. The number of carbonyl (C=O) groups excluding carboxylic acids is 1. The third-order valence-electron chi connectivity index (χ3n) is 4.47. The van der Waals surface area contributed by atoms with Crippen molar-refractivity contribution in [2.24, 2.45) is 0 Å². The van der Waals surface area contributed by atoms with Crippen molar-refractivity contribution in [2.45, 2.75) is 57.3 Å². The number of amides is 1. The van der Waals surface area contributed by atoms with E-state index in [2.05, 4.69) is 46.9 Å². The topological polar surface area (TPSA) is 54.6 Å². The van der Waals surface area contributed by atoms with Crippen molar-refractivity contribution >= 4 is 17.7 Å². The van der Waals surface area contributed by atoms with Crippen molar-refractivity contribution in [3.63, 3.8) is 0 Å². The normalized spacial score (nSPS) is 16.2. The molecular weight excluding hydrogens is 332 g/mol. The highest BCUT2D eigenvalue weighted by atomic mass is 32.2. The van der Waals surface area contributed by atoms with E-state index in [4.69, 9.17) is 0 Å². The van der Waals surface area contributed by atoms with Crippen molar-refractivity contribution < 1.29 is 9.90 Å². The number of thioether (sulfide) groups is 1. The van der Waals surface area contributed by atoms with Gasteiger partial charge in [-0.15, -0.1) is 11.8 Å². The van der Waals surface area contributed by atoms with Gasteiger partial charge in [0.25, 0.3) is 0 Å². The van der Waals surface area contributed by atoms with Gasteiger partial charge in [0.05, 0.1) is 5.75 Å². The molecule has 1 N–H and O–H groups in total. The molecule has 25 heavy (non-hydrogen) atoms. The maximum Gasteiger partial charge on any atom is 0.233 e. The minimum Gasteiger partial charge on any atom is -0.507 e. The van der Waals surface area contributed by atoms with Crippen molar-refractivity contribution in [3.05, 3.63) is 23.3 Å². The number of phenolic OH excluding ortho intramolecular Hbond substituents is 1. The summed E-state index contributed by atoms with van der Waals surface area (Å²) in [5, 5.41) is 15.1. The Kier molecular flexibility index (Phi) is 6.10. The standard InChI is InChI=1S/C20H31N2O2S/c1-19(2,3)15-11-14(12-16(18(15)24)20(4,5)6)25-13-17(23)22-9-7-21-8-10-22/h11-12,24H,7-10,13H2,1-6H3. The van der Waals surface area contributed by atoms with Crippen LogP contribution in [0.3, 0.4) is 0 Å². The van der Waals surface area contributed by atoms with E-state index >= 15 is 0 Å². The summed E-state index contributed by atoms with van der Waals surface area (Å²) in [5.41, 5.74) is 1.57. The first kappa shape index (κ1) is 20.1. The lowest BCUT2D eigenvalue weighted by Crippen LogP contribution is -2.44. The molecule has 2 rings (SSSR count). The first-order chi connectivity index (χ1) is 11.5. The zero-order valence-electron chi connectivity index (χ0n) is 16.3. The van der Waals surface area contributed by atoms with E-state index < -0.39 is 0 Å². The van der Waals surface area contributed by atoms with Crippen LogP contribution in [0.15, 0.2) is 17.0 Å². The largest absolute Gasteiger partial charge is 0.507 e. The number of phenols is 1. The Hall–Kier alpha value is -1.20. The van der Waals surface area contributed by atoms with Gasteiger partial charge in [0.2, 0.25) is 5.91 Å². The molecule has 1 amide bonds. The van der Waals surface area contributed by atoms with Crippen LogP contribution in [0, 0.1) is 0 Å². The molecule has 4 nitrogen and oxygen atoms in total. The molecule has 1 radical (unpaired) electrons. The Morgan fingerprint density at radius 2 is 1.56 bits per heavy atom. The maximum atomic E-state index is 12.4. The Bertz CT molecular complexity index is 589. The van der Waals surface area contributed by atoms with Crippen LogP contribution < -0.4 is 5.32 Å². The van der Waals surface area contributed by atoms with Crippen LogP contribution in [-0.4, -0.2) is 47.8 Å². The van der Waals surface area contributed by atoms with Gasteiger partial charge in [0, 0.05) is 42.2 Å². The number of carbonyl (C=O) groups is 1. The molecule has 1 aliphatic rings. The molecule has 139 valence electrons. The molecule has 0 bridgehead atoms. The SMILES string of the molecule is CC(C)(C)c1cc(SCC(=O)N2CC[N]CC2)cc(C(C)(C)C)c1O. The van der Waals surface area contributed by atoms with Crippen molar-refractivity contribution in [1.82, 2.24) is 10.2 Å². The van der Waals surface area contributed by atoms with Gasteiger partial charge < -0.3 is 10.0 Å². The quantitative estimate of drug-likeness (QED) is 0.836. The van der Waals surface area contributed by atoms with E-state index in [-0.39, 0.29) is 16.7 Å².